The molecule has 42 heteroatoms. The van der Waals surface area contributed by atoms with Crippen LogP contribution in [0.2, 0.25) is 0 Å². The molecule has 0 aliphatic carbocycles. The summed E-state index contributed by atoms with van der Waals surface area (Å²) in [6.07, 6.45) is 0.0220. The molecule has 0 unspecified atom stereocenters. The van der Waals surface area contributed by atoms with Crippen LogP contribution in [-0.2, 0) is 92.7 Å². The Morgan fingerprint density at radius 1 is 0.468 bits per heavy atom. The second-order valence-corrected chi connectivity index (χ2v) is 28.2. The van der Waals surface area contributed by atoms with Crippen LogP contribution in [0, 0.1) is 5.92 Å². The quantitative estimate of drug-likeness (QED) is 0.0164. The van der Waals surface area contributed by atoms with Crippen LogP contribution in [0.5, 0.6) is 0 Å². The Hall–Kier alpha value is -11.1. The maximum absolute atomic E-state index is 14.9. The van der Waals surface area contributed by atoms with Gasteiger partial charge in [0.15, 0.2) is 5.96 Å². The number of aliphatic carboxylic acids is 3. The zero-order valence-corrected chi connectivity index (χ0v) is 61.0. The molecular weight excluding hydrogens is 1430 g/mol. The van der Waals surface area contributed by atoms with Crippen molar-refractivity contribution in [3.05, 3.63) is 18.2 Å². The second kappa shape index (κ2) is 41.3. The van der Waals surface area contributed by atoms with Gasteiger partial charge in [-0.25, -0.2) is 9.78 Å². The number of carboxylic acid groups (broad SMARTS) is 3. The van der Waals surface area contributed by atoms with Crippen LogP contribution in [0.15, 0.2) is 17.5 Å². The number of aliphatic imine (C=N–C) groups is 1. The topological polar surface area (TPSA) is 666 Å². The highest BCUT2D eigenvalue weighted by molar-refractivity contribution is 6.01. The summed E-state index contributed by atoms with van der Waals surface area (Å²) in [5.74, 6) is -17.6. The highest BCUT2D eigenvalue weighted by atomic mass is 16.4. The molecule has 42 nitrogen and oxygen atoms in total. The molecular formula is C67H103N21O21. The summed E-state index contributed by atoms with van der Waals surface area (Å²) in [4.78, 5) is 260. The fraction of sp³-hybridized carbons (Fsp3) is 0.672. The third kappa shape index (κ3) is 25.5. The van der Waals surface area contributed by atoms with E-state index in [-0.39, 0.29) is 141 Å². The van der Waals surface area contributed by atoms with E-state index in [0.29, 0.717) is 18.5 Å². The number of nitrogens with one attached hydrogen (secondary N) is 8. The van der Waals surface area contributed by atoms with Crippen molar-refractivity contribution >= 4 is 112 Å². The Labute approximate surface area is 626 Å². The number of likely N-dealkylation sites (tertiary alicyclic amines) is 5. The molecule has 0 radical (unpaired) electrons. The normalized spacial score (nSPS) is 20.4. The predicted octanol–water partition coefficient (Wildman–Crippen LogP) is -7.05. The first-order valence-electron chi connectivity index (χ1n) is 36.5. The summed E-state index contributed by atoms with van der Waals surface area (Å²) in [7, 11) is 0. The van der Waals surface area contributed by atoms with Gasteiger partial charge in [0.05, 0.1) is 18.8 Å². The van der Waals surface area contributed by atoms with Gasteiger partial charge in [-0.05, 0) is 115 Å². The lowest BCUT2D eigenvalue weighted by molar-refractivity contribution is -0.151. The van der Waals surface area contributed by atoms with Gasteiger partial charge in [-0.2, -0.15) is 0 Å². The van der Waals surface area contributed by atoms with Gasteiger partial charge in [-0.15, -0.1) is 0 Å². The molecule has 602 valence electrons. The number of rotatable bonds is 42. The summed E-state index contributed by atoms with van der Waals surface area (Å²) >= 11 is 0. The zero-order chi connectivity index (χ0) is 80.5. The Morgan fingerprint density at radius 3 is 1.30 bits per heavy atom. The molecule has 0 saturated carbocycles. The summed E-state index contributed by atoms with van der Waals surface area (Å²) < 4.78 is 0. The second-order valence-electron chi connectivity index (χ2n) is 28.2. The standard InChI is InChI=1S/C67H103N21O21/c1-34(2)29-41(57(99)83-43(66(108)109)31-53(94)95)81-58(100)42(30-35-32-74-33-76-35)82-60(102)45-11-5-25-85(45)63(105)46-12-6-27-87(46)62(104)40(17-21-51(71)91)80-55(97)37(16-20-50(70)90)78-59(101)44-10-4-24-84(44)64(106)48-14-8-28-88(48)65(107)47-13-7-26-86(47)61(103)39(9-3-23-75-67(72)73)79-56(98)38(18-22-52(92)93)77-54(96)36(68)15-19-49(69)89/h32-34,36-48H,3-31,68H2,1-2H3,(H2,69,89)(H2,70,90)(H2,71,91)(H,74,76)(H,77,96)(H,78,101)(H,79,98)(H,80,97)(H,81,100)(H,82,102)(H,83,99)(H,92,93)(H,94,95)(H,108,109)(H4,72,73,75)/t36-,37-,38-,39-,40-,41-,42-,43-,44-,45-,46-,47-,48-/m0/s1. The molecule has 1 aromatic heterocycles. The molecule has 6 rings (SSSR count). The van der Waals surface area contributed by atoms with E-state index >= 15 is 0 Å². The van der Waals surface area contributed by atoms with E-state index in [1.54, 1.807) is 13.8 Å². The zero-order valence-electron chi connectivity index (χ0n) is 61.0. The van der Waals surface area contributed by atoms with Crippen molar-refractivity contribution in [3.63, 3.8) is 0 Å². The van der Waals surface area contributed by atoms with Gasteiger partial charge < -0.3 is 116 Å². The van der Waals surface area contributed by atoms with Crippen molar-refractivity contribution in [1.29, 1.82) is 0 Å². The molecule has 0 spiro atoms. The van der Waals surface area contributed by atoms with Crippen LogP contribution >= 0.6 is 0 Å². The van der Waals surface area contributed by atoms with Crippen molar-refractivity contribution in [2.45, 2.75) is 240 Å². The average Bonchev–Trinajstić information content (AvgIpc) is 1.68. The number of H-pyrrole nitrogens is 1. The molecule has 13 atom stereocenters. The molecule has 5 saturated heterocycles. The summed E-state index contributed by atoms with van der Waals surface area (Å²) in [6.45, 7) is 3.47. The number of imidazole rings is 1. The number of aromatic nitrogens is 2. The molecule has 5 aliphatic rings. The van der Waals surface area contributed by atoms with E-state index in [2.05, 4.69) is 52.2 Å². The van der Waals surface area contributed by atoms with Crippen LogP contribution in [0.25, 0.3) is 0 Å². The van der Waals surface area contributed by atoms with Crippen LogP contribution < -0.4 is 71.6 Å². The number of nitrogens with zero attached hydrogens (tertiary/aromatic N) is 7. The van der Waals surface area contributed by atoms with Gasteiger partial charge >= 0.3 is 17.9 Å². The van der Waals surface area contributed by atoms with Gasteiger partial charge in [-0.1, -0.05) is 13.8 Å². The van der Waals surface area contributed by atoms with Crippen LogP contribution in [0.1, 0.15) is 161 Å². The third-order valence-corrected chi connectivity index (χ3v) is 19.6. The van der Waals surface area contributed by atoms with Gasteiger partial charge in [0.2, 0.25) is 88.6 Å². The van der Waals surface area contributed by atoms with Crippen molar-refractivity contribution in [3.8, 4) is 0 Å². The monoisotopic (exact) mass is 1540 g/mol. The summed E-state index contributed by atoms with van der Waals surface area (Å²) in [5, 5.41) is 45.9. The Bertz CT molecular complexity index is 3560. The number of hydrogen-bond donors (Lipinski definition) is 17. The van der Waals surface area contributed by atoms with Gasteiger partial charge in [0.1, 0.15) is 72.5 Å². The minimum Gasteiger partial charge on any atom is -0.481 e. The van der Waals surface area contributed by atoms with Crippen molar-refractivity contribution in [1.82, 2.24) is 71.7 Å². The number of carbonyl (C=O) groups is 18. The number of carboxylic acids is 3. The third-order valence-electron chi connectivity index (χ3n) is 19.6. The molecule has 1 aromatic rings. The maximum Gasteiger partial charge on any atom is 0.326 e. The number of amides is 15. The lowest BCUT2D eigenvalue weighted by Crippen LogP contribution is -2.60. The molecule has 0 aromatic carbocycles. The lowest BCUT2D eigenvalue weighted by atomic mass is 10.0. The maximum atomic E-state index is 14.9. The van der Waals surface area contributed by atoms with Gasteiger partial charge in [0.25, 0.3) is 0 Å². The molecule has 5 fully saturated rings. The Kier molecular flexibility index (Phi) is 32.9. The molecule has 0 bridgehead atoms. The summed E-state index contributed by atoms with van der Waals surface area (Å²) in [6, 6.07) is -18.3. The predicted molar refractivity (Wildman–Crippen MR) is 379 cm³/mol. The number of primary amides is 3. The van der Waals surface area contributed by atoms with E-state index in [1.807, 2.05) is 0 Å². The highest BCUT2D eigenvalue weighted by Gasteiger charge is 2.49. The fourth-order valence-electron chi connectivity index (χ4n) is 14.1. The minimum absolute atomic E-state index is 0.00509. The number of aromatic amines is 1. The van der Waals surface area contributed by atoms with Crippen LogP contribution in [0.4, 0.5) is 0 Å². The minimum atomic E-state index is -1.85. The first kappa shape index (κ1) is 86.8. The van der Waals surface area contributed by atoms with E-state index in [9.17, 15) is 102 Å². The number of hydrogen-bond acceptors (Lipinski definition) is 21. The first-order valence-corrected chi connectivity index (χ1v) is 36.5. The molecule has 23 N–H and O–H groups in total. The van der Waals surface area contributed by atoms with Gasteiger partial charge in [-0.3, -0.25) is 86.5 Å². The Morgan fingerprint density at radius 2 is 0.853 bits per heavy atom. The van der Waals surface area contributed by atoms with E-state index in [1.165, 1.54) is 37.0 Å². The van der Waals surface area contributed by atoms with E-state index < -0.39 is 230 Å². The number of nitrogens with two attached hydrogens (primary N) is 6. The number of carbonyl (C=O) groups excluding carboxylic acids is 15. The van der Waals surface area contributed by atoms with Crippen molar-refractivity contribution in [2.75, 3.05) is 39.3 Å². The largest absolute Gasteiger partial charge is 0.481 e. The average molecular weight is 1540 g/mol. The van der Waals surface area contributed by atoms with E-state index in [0.717, 1.165) is 0 Å². The van der Waals surface area contributed by atoms with Crippen LogP contribution in [0.3, 0.4) is 0 Å². The summed E-state index contributed by atoms with van der Waals surface area (Å²) in [5.41, 5.74) is 33.6. The van der Waals surface area contributed by atoms with Crippen LogP contribution in [-0.4, -0.2) is 280 Å². The Balaban J connectivity index is 1.15. The lowest BCUT2D eigenvalue weighted by Gasteiger charge is -2.35. The molecule has 5 aliphatic heterocycles. The van der Waals surface area contributed by atoms with Crippen molar-refractivity contribution in [2.24, 2.45) is 45.3 Å². The molecule has 109 heavy (non-hydrogen) atoms. The highest BCUT2D eigenvalue weighted by Crippen LogP contribution is 2.31. The molecule has 15 amide bonds. The molecule has 6 heterocycles. The smallest absolute Gasteiger partial charge is 0.326 e. The van der Waals surface area contributed by atoms with E-state index in [4.69, 9.17) is 34.4 Å². The SMILES string of the molecule is CC(C)C[C@H](NC(=O)[C@H](Cc1cnc[nH]1)NC(=O)[C@@H]1CCCN1C(=O)[C@@H]1CCCN1C(=O)[C@H](CCC(N)=O)NC(=O)[C@H](CCC(N)=O)NC(=O)[C@@H]1CCCN1C(=O)[C@@H]1CCCN1C(=O)[C@@H]1CCCN1C(=O)[C@H](CCCN=C(N)N)NC(=O)[C@H](CCC(=O)O)NC(=O)[C@@H](N)CCC(N)=O)C(=O)N[C@@H](CC(=O)O)C(=O)O. The van der Waals surface area contributed by atoms with Gasteiger partial charge in [0, 0.05) is 83.3 Å². The first-order chi connectivity index (χ1) is 51.6. The number of guanidine groups is 1. The van der Waals surface area contributed by atoms with Crippen molar-refractivity contribution < 1.29 is 102 Å². The fourth-order valence-corrected chi connectivity index (χ4v) is 14.1.